The maximum absolute atomic E-state index is 13.1. The third-order valence-corrected chi connectivity index (χ3v) is 2.40. The predicted octanol–water partition coefficient (Wildman–Crippen LogP) is 4.08. The van der Waals surface area contributed by atoms with E-state index in [0.29, 0.717) is 22.8 Å². The maximum Gasteiger partial charge on any atom is 0.153 e. The third-order valence-electron chi connectivity index (χ3n) is 2.14. The Balaban J connectivity index is 2.24. The number of halogens is 2. The van der Waals surface area contributed by atoms with Gasteiger partial charge in [0.1, 0.15) is 17.3 Å². The van der Waals surface area contributed by atoms with Crippen LogP contribution in [-0.2, 0) is 0 Å². The van der Waals surface area contributed by atoms with Crippen molar-refractivity contribution >= 4 is 17.9 Å². The van der Waals surface area contributed by atoms with E-state index in [4.69, 9.17) is 16.3 Å². The molecular formula is C13H8ClFO2. The van der Waals surface area contributed by atoms with Gasteiger partial charge in [0.2, 0.25) is 0 Å². The van der Waals surface area contributed by atoms with E-state index >= 15 is 0 Å². The van der Waals surface area contributed by atoms with E-state index in [0.717, 1.165) is 0 Å². The standard InChI is InChI=1S/C13H8ClFO2/c14-10-1-3-11(4-2-10)17-12-5-6-13(15)9(7-12)8-16/h1-8H. The topological polar surface area (TPSA) is 26.3 Å². The van der Waals surface area contributed by atoms with Crippen LogP contribution in [0.2, 0.25) is 5.02 Å². The van der Waals surface area contributed by atoms with Crippen molar-refractivity contribution in [2.45, 2.75) is 0 Å². The molecule has 0 radical (unpaired) electrons. The first-order chi connectivity index (χ1) is 8.19. The fourth-order valence-electron chi connectivity index (χ4n) is 1.31. The number of carbonyl (C=O) groups is 1. The van der Waals surface area contributed by atoms with E-state index in [1.165, 1.54) is 18.2 Å². The van der Waals surface area contributed by atoms with Crippen LogP contribution in [0, 0.1) is 5.82 Å². The smallest absolute Gasteiger partial charge is 0.153 e. The van der Waals surface area contributed by atoms with Crippen LogP contribution in [0.4, 0.5) is 4.39 Å². The van der Waals surface area contributed by atoms with Crippen molar-refractivity contribution in [2.24, 2.45) is 0 Å². The van der Waals surface area contributed by atoms with Crippen LogP contribution in [0.3, 0.4) is 0 Å². The highest BCUT2D eigenvalue weighted by Gasteiger charge is 2.04. The predicted molar refractivity (Wildman–Crippen MR) is 63.3 cm³/mol. The summed E-state index contributed by atoms with van der Waals surface area (Å²) >= 11 is 5.73. The van der Waals surface area contributed by atoms with Gasteiger partial charge in [-0.25, -0.2) is 4.39 Å². The highest BCUT2D eigenvalue weighted by molar-refractivity contribution is 6.30. The minimum atomic E-state index is -0.566. The molecule has 86 valence electrons. The summed E-state index contributed by atoms with van der Waals surface area (Å²) in [4.78, 5) is 10.6. The van der Waals surface area contributed by atoms with Crippen molar-refractivity contribution in [3.63, 3.8) is 0 Å². The summed E-state index contributed by atoms with van der Waals surface area (Å²) in [5.74, 6) is 0.400. The number of benzene rings is 2. The zero-order valence-corrected chi connectivity index (χ0v) is 9.45. The number of hydrogen-bond acceptors (Lipinski definition) is 2. The molecule has 0 saturated heterocycles. The lowest BCUT2D eigenvalue weighted by atomic mass is 10.2. The highest BCUT2D eigenvalue weighted by Crippen LogP contribution is 2.24. The number of ether oxygens (including phenoxy) is 1. The molecule has 0 heterocycles. The van der Waals surface area contributed by atoms with Gasteiger partial charge in [0, 0.05) is 5.02 Å². The molecule has 2 aromatic carbocycles. The van der Waals surface area contributed by atoms with Gasteiger partial charge in [0.25, 0.3) is 0 Å². The first-order valence-corrected chi connectivity index (χ1v) is 5.25. The Morgan fingerprint density at radius 3 is 2.35 bits per heavy atom. The Kier molecular flexibility index (Phi) is 3.40. The lowest BCUT2D eigenvalue weighted by Gasteiger charge is -2.06. The molecule has 0 unspecified atom stereocenters. The monoisotopic (exact) mass is 250 g/mol. The summed E-state index contributed by atoms with van der Waals surface area (Å²) in [7, 11) is 0. The summed E-state index contributed by atoms with van der Waals surface area (Å²) in [5.41, 5.74) is -0.0311. The van der Waals surface area contributed by atoms with Crippen LogP contribution >= 0.6 is 11.6 Å². The quantitative estimate of drug-likeness (QED) is 0.767. The summed E-state index contributed by atoms with van der Waals surface area (Å²) in [5, 5.41) is 0.602. The van der Waals surface area contributed by atoms with Gasteiger partial charge in [-0.15, -0.1) is 0 Å². The van der Waals surface area contributed by atoms with E-state index < -0.39 is 5.82 Å². The van der Waals surface area contributed by atoms with E-state index in [1.807, 2.05) is 0 Å². The Morgan fingerprint density at radius 2 is 1.71 bits per heavy atom. The fourth-order valence-corrected chi connectivity index (χ4v) is 1.44. The van der Waals surface area contributed by atoms with Crippen molar-refractivity contribution in [1.29, 1.82) is 0 Å². The van der Waals surface area contributed by atoms with Crippen molar-refractivity contribution in [1.82, 2.24) is 0 Å². The zero-order chi connectivity index (χ0) is 12.3. The van der Waals surface area contributed by atoms with Gasteiger partial charge in [0.15, 0.2) is 6.29 Å². The summed E-state index contributed by atoms with van der Waals surface area (Å²) in [6.45, 7) is 0. The molecule has 0 aliphatic rings. The molecule has 0 N–H and O–H groups in total. The zero-order valence-electron chi connectivity index (χ0n) is 8.69. The van der Waals surface area contributed by atoms with E-state index in [2.05, 4.69) is 0 Å². The van der Waals surface area contributed by atoms with Crippen LogP contribution in [0.5, 0.6) is 11.5 Å². The van der Waals surface area contributed by atoms with Gasteiger partial charge in [-0.3, -0.25) is 4.79 Å². The third kappa shape index (κ3) is 2.82. The van der Waals surface area contributed by atoms with Crippen LogP contribution in [0.15, 0.2) is 42.5 Å². The van der Waals surface area contributed by atoms with Gasteiger partial charge >= 0.3 is 0 Å². The molecule has 0 amide bonds. The number of carbonyl (C=O) groups excluding carboxylic acids is 1. The van der Waals surface area contributed by atoms with Crippen molar-refractivity contribution < 1.29 is 13.9 Å². The van der Waals surface area contributed by atoms with Gasteiger partial charge in [-0.05, 0) is 42.5 Å². The van der Waals surface area contributed by atoms with Crippen molar-refractivity contribution in [3.8, 4) is 11.5 Å². The molecule has 17 heavy (non-hydrogen) atoms. The summed E-state index contributed by atoms with van der Waals surface area (Å²) in [6, 6.07) is 10.7. The van der Waals surface area contributed by atoms with E-state index in [1.54, 1.807) is 24.3 Å². The fraction of sp³-hybridized carbons (Fsp3) is 0. The van der Waals surface area contributed by atoms with Crippen LogP contribution in [-0.4, -0.2) is 6.29 Å². The average Bonchev–Trinajstić information content (AvgIpc) is 2.34. The molecule has 0 spiro atoms. The first kappa shape index (κ1) is 11.6. The second-order valence-electron chi connectivity index (χ2n) is 3.36. The second-order valence-corrected chi connectivity index (χ2v) is 3.79. The van der Waals surface area contributed by atoms with Crippen LogP contribution in [0.1, 0.15) is 10.4 Å². The molecule has 2 rings (SSSR count). The lowest BCUT2D eigenvalue weighted by Crippen LogP contribution is -1.90. The molecule has 0 saturated carbocycles. The molecule has 2 nitrogen and oxygen atoms in total. The van der Waals surface area contributed by atoms with Gasteiger partial charge in [0.05, 0.1) is 5.56 Å². The summed E-state index contributed by atoms with van der Waals surface area (Å²) < 4.78 is 18.5. The minimum absolute atomic E-state index is 0.0311. The first-order valence-electron chi connectivity index (χ1n) is 4.87. The molecule has 0 fully saturated rings. The number of rotatable bonds is 3. The Bertz CT molecular complexity index is 538. The number of hydrogen-bond donors (Lipinski definition) is 0. The number of aldehydes is 1. The average molecular weight is 251 g/mol. The van der Waals surface area contributed by atoms with Crippen molar-refractivity contribution in [2.75, 3.05) is 0 Å². The molecular weight excluding hydrogens is 243 g/mol. The molecule has 0 aliphatic carbocycles. The van der Waals surface area contributed by atoms with E-state index in [9.17, 15) is 9.18 Å². The van der Waals surface area contributed by atoms with Crippen LogP contribution < -0.4 is 4.74 Å². The lowest BCUT2D eigenvalue weighted by molar-refractivity contribution is 0.111. The Morgan fingerprint density at radius 1 is 1.06 bits per heavy atom. The normalized spacial score (nSPS) is 10.0. The van der Waals surface area contributed by atoms with Crippen LogP contribution in [0.25, 0.3) is 0 Å². The summed E-state index contributed by atoms with van der Waals surface area (Å²) in [6.07, 6.45) is 0.448. The second kappa shape index (κ2) is 4.97. The molecule has 0 aliphatic heterocycles. The van der Waals surface area contributed by atoms with E-state index in [-0.39, 0.29) is 5.56 Å². The highest BCUT2D eigenvalue weighted by atomic mass is 35.5. The Labute approximate surface area is 103 Å². The minimum Gasteiger partial charge on any atom is -0.457 e. The van der Waals surface area contributed by atoms with Gasteiger partial charge in [-0.2, -0.15) is 0 Å². The molecule has 0 bridgehead atoms. The Hall–Kier alpha value is -1.87. The SMILES string of the molecule is O=Cc1cc(Oc2ccc(Cl)cc2)ccc1F. The van der Waals surface area contributed by atoms with Crippen molar-refractivity contribution in [3.05, 3.63) is 58.9 Å². The maximum atomic E-state index is 13.1. The molecule has 2 aromatic rings. The largest absolute Gasteiger partial charge is 0.457 e. The molecule has 4 heteroatoms. The van der Waals surface area contributed by atoms with Gasteiger partial charge in [-0.1, -0.05) is 11.6 Å². The molecule has 0 aromatic heterocycles. The molecule has 0 atom stereocenters. The van der Waals surface area contributed by atoms with Gasteiger partial charge < -0.3 is 4.74 Å².